The summed E-state index contributed by atoms with van der Waals surface area (Å²) < 4.78 is 0. The van der Waals surface area contributed by atoms with E-state index in [9.17, 15) is 4.79 Å². The number of fused-ring (bicyclic) bond motifs is 2. The van der Waals surface area contributed by atoms with Crippen LogP contribution in [0.15, 0.2) is 30.6 Å². The van der Waals surface area contributed by atoms with E-state index in [2.05, 4.69) is 45.3 Å². The molecule has 1 unspecified atom stereocenters. The Hall–Kier alpha value is -2.65. The molecule has 178 valence electrons. The van der Waals surface area contributed by atoms with Crippen molar-refractivity contribution in [2.45, 2.75) is 39.2 Å². The van der Waals surface area contributed by atoms with Crippen molar-refractivity contribution in [1.29, 1.82) is 0 Å². The van der Waals surface area contributed by atoms with Gasteiger partial charge in [-0.2, -0.15) is 11.8 Å². The van der Waals surface area contributed by atoms with Crippen LogP contribution >= 0.6 is 23.1 Å². The Kier molecular flexibility index (Phi) is 6.74. The topological polar surface area (TPSA) is 86.8 Å². The molecule has 0 radical (unpaired) electrons. The Balaban J connectivity index is 1.27. The van der Waals surface area contributed by atoms with Crippen LogP contribution in [0.2, 0.25) is 0 Å². The average Bonchev–Trinajstić information content (AvgIpc) is 3.42. The summed E-state index contributed by atoms with van der Waals surface area (Å²) in [5, 5.41) is 4.47. The van der Waals surface area contributed by atoms with Crippen molar-refractivity contribution in [2.75, 3.05) is 30.0 Å². The number of H-pyrrole nitrogens is 1. The van der Waals surface area contributed by atoms with Gasteiger partial charge >= 0.3 is 0 Å². The predicted octanol–water partition coefficient (Wildman–Crippen LogP) is 5.01. The molecule has 0 aliphatic carbocycles. The van der Waals surface area contributed by atoms with Crippen LogP contribution in [0.5, 0.6) is 0 Å². The number of aromatic amines is 1. The minimum absolute atomic E-state index is 0.0000405. The van der Waals surface area contributed by atoms with Crippen molar-refractivity contribution in [1.82, 2.24) is 25.3 Å². The Morgan fingerprint density at radius 3 is 2.82 bits per heavy atom. The fourth-order valence-corrected chi connectivity index (χ4v) is 6.16. The molecule has 1 aliphatic heterocycles. The van der Waals surface area contributed by atoms with Gasteiger partial charge in [0.1, 0.15) is 22.8 Å². The van der Waals surface area contributed by atoms with Crippen LogP contribution in [0.1, 0.15) is 41.6 Å². The lowest BCUT2D eigenvalue weighted by atomic mass is 9.95. The highest BCUT2D eigenvalue weighted by molar-refractivity contribution is 7.98. The lowest BCUT2D eigenvalue weighted by Crippen LogP contribution is -2.42. The Morgan fingerprint density at radius 2 is 2.06 bits per heavy atom. The number of carbonyl (C=O) groups excluding carboxylic acids is 1. The fraction of sp³-hybridized carbons (Fsp3) is 0.440. The van der Waals surface area contributed by atoms with Crippen LogP contribution in [0.3, 0.4) is 0 Å². The van der Waals surface area contributed by atoms with E-state index in [-0.39, 0.29) is 17.9 Å². The van der Waals surface area contributed by atoms with Gasteiger partial charge in [-0.25, -0.2) is 15.0 Å². The van der Waals surface area contributed by atoms with Gasteiger partial charge < -0.3 is 15.2 Å². The zero-order valence-electron chi connectivity index (χ0n) is 19.8. The molecule has 1 aromatic carbocycles. The molecule has 4 aromatic rings. The number of aryl methyl sites for hydroxylation is 2. The molecule has 0 bridgehead atoms. The third kappa shape index (κ3) is 4.51. The van der Waals surface area contributed by atoms with Crippen molar-refractivity contribution >= 4 is 56.1 Å². The van der Waals surface area contributed by atoms with E-state index >= 15 is 0 Å². The largest absolute Gasteiger partial charge is 0.356 e. The minimum Gasteiger partial charge on any atom is -0.356 e. The molecule has 1 aliphatic rings. The van der Waals surface area contributed by atoms with Crippen molar-refractivity contribution in [3.63, 3.8) is 0 Å². The van der Waals surface area contributed by atoms with Crippen molar-refractivity contribution in [3.8, 4) is 0 Å². The highest BCUT2D eigenvalue weighted by Crippen LogP contribution is 2.35. The van der Waals surface area contributed by atoms with Gasteiger partial charge in [0, 0.05) is 23.9 Å². The summed E-state index contributed by atoms with van der Waals surface area (Å²) in [4.78, 5) is 35.2. The molecule has 1 atom stereocenters. The molecule has 0 saturated carbocycles. The number of piperidine rings is 1. The first kappa shape index (κ1) is 23.1. The van der Waals surface area contributed by atoms with Gasteiger partial charge in [0.2, 0.25) is 5.91 Å². The number of rotatable bonds is 7. The Labute approximate surface area is 207 Å². The van der Waals surface area contributed by atoms with E-state index in [1.165, 1.54) is 10.4 Å². The molecule has 34 heavy (non-hydrogen) atoms. The van der Waals surface area contributed by atoms with Crippen LogP contribution in [-0.2, 0) is 4.79 Å². The predicted molar refractivity (Wildman–Crippen MR) is 142 cm³/mol. The summed E-state index contributed by atoms with van der Waals surface area (Å²) in [5.41, 5.74) is 3.20. The number of para-hydroxylation sites is 2. The first-order chi connectivity index (χ1) is 16.5. The summed E-state index contributed by atoms with van der Waals surface area (Å²) in [7, 11) is 0. The first-order valence-electron chi connectivity index (χ1n) is 11.7. The van der Waals surface area contributed by atoms with Gasteiger partial charge in [-0.05, 0) is 62.8 Å². The van der Waals surface area contributed by atoms with Gasteiger partial charge in [0.15, 0.2) is 0 Å². The van der Waals surface area contributed by atoms with Crippen LogP contribution in [-0.4, -0.2) is 50.9 Å². The zero-order valence-corrected chi connectivity index (χ0v) is 21.4. The quantitative estimate of drug-likeness (QED) is 0.376. The van der Waals surface area contributed by atoms with E-state index in [1.807, 2.05) is 24.3 Å². The molecule has 1 fully saturated rings. The molecular formula is C25H30N6OS2. The summed E-state index contributed by atoms with van der Waals surface area (Å²) in [6.07, 6.45) is 6.23. The van der Waals surface area contributed by atoms with Crippen LogP contribution < -0.4 is 10.2 Å². The summed E-state index contributed by atoms with van der Waals surface area (Å²) >= 11 is 3.51. The van der Waals surface area contributed by atoms with E-state index < -0.39 is 0 Å². The number of aromatic nitrogens is 4. The average molecular weight is 495 g/mol. The maximum absolute atomic E-state index is 13.3. The number of hydrogen-bond acceptors (Lipinski definition) is 7. The molecule has 7 nitrogen and oxygen atoms in total. The molecule has 0 spiro atoms. The molecule has 1 amide bonds. The maximum Gasteiger partial charge on any atom is 0.223 e. The molecule has 1 saturated heterocycles. The number of nitrogens with one attached hydrogen (secondary N) is 2. The van der Waals surface area contributed by atoms with Gasteiger partial charge in [0.05, 0.1) is 22.5 Å². The number of carbonyl (C=O) groups is 1. The zero-order chi connectivity index (χ0) is 23.7. The number of hydrogen-bond donors (Lipinski definition) is 2. The van der Waals surface area contributed by atoms with Gasteiger partial charge in [-0.3, -0.25) is 4.79 Å². The summed E-state index contributed by atoms with van der Waals surface area (Å²) in [6.45, 7) is 5.92. The molecular weight excluding hydrogens is 464 g/mol. The number of anilines is 1. The third-order valence-corrected chi connectivity index (χ3v) is 8.53. The van der Waals surface area contributed by atoms with Crippen LogP contribution in [0.25, 0.3) is 21.3 Å². The summed E-state index contributed by atoms with van der Waals surface area (Å²) in [5.74, 6) is 2.93. The lowest BCUT2D eigenvalue weighted by Gasteiger charge is -2.33. The second kappa shape index (κ2) is 9.92. The number of amides is 1. The number of benzene rings is 1. The SMILES string of the molecule is CSCCC(NC(=O)C1CCN(c2ncnc3sc(C)c(C)c23)CC1)c1nc2ccccc2[nH]1. The Bertz CT molecular complexity index is 1270. The monoisotopic (exact) mass is 494 g/mol. The van der Waals surface area contributed by atoms with E-state index in [0.717, 1.165) is 71.0 Å². The molecule has 5 rings (SSSR count). The maximum atomic E-state index is 13.3. The van der Waals surface area contributed by atoms with Gasteiger partial charge in [-0.15, -0.1) is 11.3 Å². The van der Waals surface area contributed by atoms with E-state index in [4.69, 9.17) is 4.98 Å². The first-order valence-corrected chi connectivity index (χ1v) is 14.0. The van der Waals surface area contributed by atoms with Crippen molar-refractivity contribution in [3.05, 3.63) is 46.9 Å². The molecule has 4 heterocycles. The second-order valence-corrected chi connectivity index (χ2v) is 11.1. The Morgan fingerprint density at radius 1 is 1.26 bits per heavy atom. The lowest BCUT2D eigenvalue weighted by molar-refractivity contribution is -0.126. The number of nitrogens with zero attached hydrogens (tertiary/aromatic N) is 4. The number of thiophene rings is 1. The highest BCUT2D eigenvalue weighted by atomic mass is 32.2. The van der Waals surface area contributed by atoms with Crippen LogP contribution in [0, 0.1) is 19.8 Å². The highest BCUT2D eigenvalue weighted by Gasteiger charge is 2.29. The number of imidazole rings is 1. The van der Waals surface area contributed by atoms with E-state index in [0.29, 0.717) is 0 Å². The van der Waals surface area contributed by atoms with Crippen molar-refractivity contribution in [2.24, 2.45) is 5.92 Å². The smallest absolute Gasteiger partial charge is 0.223 e. The molecule has 9 heteroatoms. The molecule has 3 aromatic heterocycles. The normalized spacial score (nSPS) is 15.8. The molecule has 2 N–H and O–H groups in total. The summed E-state index contributed by atoms with van der Waals surface area (Å²) in [6, 6.07) is 7.90. The second-order valence-electron chi connectivity index (χ2n) is 8.90. The van der Waals surface area contributed by atoms with Crippen molar-refractivity contribution < 1.29 is 4.79 Å². The standard InChI is InChI=1S/C25H30N6OS2/c1-15-16(2)34-25-21(15)23(26-14-27-25)31-11-8-17(9-12-31)24(32)30-20(10-13-33-3)22-28-18-6-4-5-7-19(18)29-22/h4-7,14,17,20H,8-13H2,1-3H3,(H,28,29)(H,30,32). The number of thioether (sulfide) groups is 1. The van der Waals surface area contributed by atoms with Gasteiger partial charge in [-0.1, -0.05) is 12.1 Å². The van der Waals surface area contributed by atoms with Gasteiger partial charge in [0.25, 0.3) is 0 Å². The van der Waals surface area contributed by atoms with E-state index in [1.54, 1.807) is 29.4 Å². The fourth-order valence-electron chi connectivity index (χ4n) is 4.70. The minimum atomic E-state index is -0.108. The van der Waals surface area contributed by atoms with Crippen LogP contribution in [0.4, 0.5) is 5.82 Å². The third-order valence-electron chi connectivity index (χ3n) is 6.78.